The molecule has 2 heterocycles. The first kappa shape index (κ1) is 13.6. The number of carbonyl (C=O) groups is 2. The van der Waals surface area contributed by atoms with E-state index in [-0.39, 0.29) is 23.8 Å². The lowest BCUT2D eigenvalue weighted by Gasteiger charge is -2.15. The minimum atomic E-state index is -0.206. The fourth-order valence-electron chi connectivity index (χ4n) is 2.00. The van der Waals surface area contributed by atoms with E-state index in [1.54, 1.807) is 4.90 Å². The molecule has 0 aromatic carbocycles. The van der Waals surface area contributed by atoms with Crippen molar-refractivity contribution in [2.45, 2.75) is 39.0 Å². The monoisotopic (exact) mass is 264 g/mol. The number of hydrogen-bond donors (Lipinski definition) is 2. The number of aromatic amines is 1. The van der Waals surface area contributed by atoms with Crippen LogP contribution in [0, 0.1) is 0 Å². The zero-order valence-electron chi connectivity index (χ0n) is 11.6. The quantitative estimate of drug-likeness (QED) is 0.863. The summed E-state index contributed by atoms with van der Waals surface area (Å²) in [6.45, 7) is 6.97. The van der Waals surface area contributed by atoms with Crippen molar-refractivity contribution in [2.24, 2.45) is 0 Å². The van der Waals surface area contributed by atoms with Crippen molar-refractivity contribution in [2.75, 3.05) is 18.4 Å². The van der Waals surface area contributed by atoms with Gasteiger partial charge < -0.3 is 10.2 Å². The normalized spacial score (nSPS) is 15.9. The van der Waals surface area contributed by atoms with Crippen LogP contribution in [-0.2, 0) is 15.0 Å². The second-order valence-electron chi connectivity index (χ2n) is 5.88. The van der Waals surface area contributed by atoms with E-state index < -0.39 is 0 Å². The maximum atomic E-state index is 11.8. The summed E-state index contributed by atoms with van der Waals surface area (Å²) < 4.78 is 0. The first-order valence-electron chi connectivity index (χ1n) is 6.50. The van der Waals surface area contributed by atoms with Gasteiger partial charge in [0, 0.05) is 30.1 Å². The molecule has 1 fully saturated rings. The van der Waals surface area contributed by atoms with Crippen molar-refractivity contribution in [3.63, 3.8) is 0 Å². The van der Waals surface area contributed by atoms with E-state index in [0.717, 1.165) is 12.1 Å². The van der Waals surface area contributed by atoms with Crippen molar-refractivity contribution in [1.82, 2.24) is 15.1 Å². The summed E-state index contributed by atoms with van der Waals surface area (Å²) in [7, 11) is 0. The molecule has 0 aliphatic carbocycles. The minimum absolute atomic E-state index is 0.0408. The van der Waals surface area contributed by atoms with Crippen LogP contribution in [0.4, 0.5) is 5.82 Å². The molecule has 0 unspecified atom stereocenters. The second kappa shape index (κ2) is 5.03. The summed E-state index contributed by atoms with van der Waals surface area (Å²) in [6.07, 6.45) is 1.38. The Bertz CT molecular complexity index is 487. The maximum Gasteiger partial charge on any atom is 0.245 e. The average Bonchev–Trinajstić information content (AvgIpc) is 2.88. The molecular weight excluding hydrogens is 244 g/mol. The summed E-state index contributed by atoms with van der Waals surface area (Å²) >= 11 is 0. The van der Waals surface area contributed by atoms with E-state index in [1.807, 2.05) is 6.07 Å². The third-order valence-corrected chi connectivity index (χ3v) is 3.16. The van der Waals surface area contributed by atoms with E-state index in [4.69, 9.17) is 0 Å². The SMILES string of the molecule is CC(C)(C)c1cc(NC(=O)CN2CCCC2=O)n[nH]1. The highest BCUT2D eigenvalue weighted by Crippen LogP contribution is 2.21. The number of H-pyrrole nitrogens is 1. The number of rotatable bonds is 3. The molecule has 1 aliphatic heterocycles. The number of likely N-dealkylation sites (tertiary alicyclic amines) is 1. The number of nitrogens with one attached hydrogen (secondary N) is 2. The van der Waals surface area contributed by atoms with Gasteiger partial charge in [-0.2, -0.15) is 5.10 Å². The van der Waals surface area contributed by atoms with E-state index in [9.17, 15) is 9.59 Å². The van der Waals surface area contributed by atoms with Crippen molar-refractivity contribution in [1.29, 1.82) is 0 Å². The lowest BCUT2D eigenvalue weighted by molar-refractivity contribution is -0.131. The van der Waals surface area contributed by atoms with Gasteiger partial charge in [-0.15, -0.1) is 0 Å². The summed E-state index contributed by atoms with van der Waals surface area (Å²) in [5, 5.41) is 9.67. The van der Waals surface area contributed by atoms with Gasteiger partial charge in [0.1, 0.15) is 0 Å². The molecule has 1 aliphatic rings. The van der Waals surface area contributed by atoms with Crippen LogP contribution in [0.2, 0.25) is 0 Å². The molecule has 1 aromatic heterocycles. The molecule has 2 rings (SSSR count). The van der Waals surface area contributed by atoms with Crippen LogP contribution in [0.15, 0.2) is 6.07 Å². The average molecular weight is 264 g/mol. The fraction of sp³-hybridized carbons (Fsp3) is 0.615. The topological polar surface area (TPSA) is 78.1 Å². The fourth-order valence-corrected chi connectivity index (χ4v) is 2.00. The molecule has 0 saturated carbocycles. The molecule has 1 saturated heterocycles. The van der Waals surface area contributed by atoms with Gasteiger partial charge in [0.25, 0.3) is 0 Å². The molecular formula is C13H20N4O2. The molecule has 2 N–H and O–H groups in total. The first-order chi connectivity index (χ1) is 8.86. The highest BCUT2D eigenvalue weighted by atomic mass is 16.2. The Balaban J connectivity index is 1.92. The van der Waals surface area contributed by atoms with Crippen LogP contribution in [0.25, 0.3) is 0 Å². The predicted molar refractivity (Wildman–Crippen MR) is 71.7 cm³/mol. The lowest BCUT2D eigenvalue weighted by atomic mass is 9.92. The summed E-state index contributed by atoms with van der Waals surface area (Å²) in [5.41, 5.74) is 0.918. The van der Waals surface area contributed by atoms with Gasteiger partial charge in [0.15, 0.2) is 5.82 Å². The highest BCUT2D eigenvalue weighted by Gasteiger charge is 2.23. The lowest BCUT2D eigenvalue weighted by Crippen LogP contribution is -2.34. The Hall–Kier alpha value is -1.85. The summed E-state index contributed by atoms with van der Waals surface area (Å²) in [6, 6.07) is 1.82. The Morgan fingerprint density at radius 2 is 2.26 bits per heavy atom. The van der Waals surface area contributed by atoms with Crippen LogP contribution in [0.1, 0.15) is 39.3 Å². The molecule has 6 heteroatoms. The van der Waals surface area contributed by atoms with E-state index in [2.05, 4.69) is 36.3 Å². The molecule has 104 valence electrons. The third kappa shape index (κ3) is 3.33. The van der Waals surface area contributed by atoms with E-state index in [1.165, 1.54) is 0 Å². The molecule has 19 heavy (non-hydrogen) atoms. The number of anilines is 1. The van der Waals surface area contributed by atoms with Gasteiger partial charge in [-0.3, -0.25) is 14.7 Å². The Morgan fingerprint density at radius 3 is 2.79 bits per heavy atom. The van der Waals surface area contributed by atoms with Gasteiger partial charge in [0.05, 0.1) is 6.54 Å². The number of amides is 2. The molecule has 0 bridgehead atoms. The molecule has 0 spiro atoms. The van der Waals surface area contributed by atoms with Crippen molar-refractivity contribution < 1.29 is 9.59 Å². The van der Waals surface area contributed by atoms with Crippen LogP contribution in [0.3, 0.4) is 0 Å². The first-order valence-corrected chi connectivity index (χ1v) is 6.50. The van der Waals surface area contributed by atoms with Gasteiger partial charge in [-0.25, -0.2) is 0 Å². The van der Waals surface area contributed by atoms with Crippen LogP contribution < -0.4 is 5.32 Å². The van der Waals surface area contributed by atoms with Crippen LogP contribution >= 0.6 is 0 Å². The van der Waals surface area contributed by atoms with Gasteiger partial charge >= 0.3 is 0 Å². The van der Waals surface area contributed by atoms with Crippen LogP contribution in [-0.4, -0.2) is 40.0 Å². The number of aromatic nitrogens is 2. The third-order valence-electron chi connectivity index (χ3n) is 3.16. The van der Waals surface area contributed by atoms with Crippen molar-refractivity contribution in [3.05, 3.63) is 11.8 Å². The highest BCUT2D eigenvalue weighted by molar-refractivity contribution is 5.94. The molecule has 0 radical (unpaired) electrons. The Kier molecular flexibility index (Phi) is 3.59. The Labute approximate surface area is 112 Å². The number of nitrogens with zero attached hydrogens (tertiary/aromatic N) is 2. The molecule has 1 aromatic rings. The van der Waals surface area contributed by atoms with Crippen molar-refractivity contribution >= 4 is 17.6 Å². The van der Waals surface area contributed by atoms with Gasteiger partial charge in [-0.05, 0) is 6.42 Å². The molecule has 6 nitrogen and oxygen atoms in total. The van der Waals surface area contributed by atoms with Gasteiger partial charge in [-0.1, -0.05) is 20.8 Å². The maximum absolute atomic E-state index is 11.8. The van der Waals surface area contributed by atoms with E-state index in [0.29, 0.717) is 18.8 Å². The molecule has 0 atom stereocenters. The minimum Gasteiger partial charge on any atom is -0.333 e. The zero-order chi connectivity index (χ0) is 14.0. The predicted octanol–water partition coefficient (Wildman–Crippen LogP) is 1.27. The largest absolute Gasteiger partial charge is 0.333 e. The second-order valence-corrected chi connectivity index (χ2v) is 5.88. The summed E-state index contributed by atoms with van der Waals surface area (Å²) in [5.74, 6) is 0.344. The smallest absolute Gasteiger partial charge is 0.245 e. The summed E-state index contributed by atoms with van der Waals surface area (Å²) in [4.78, 5) is 24.8. The zero-order valence-corrected chi connectivity index (χ0v) is 11.6. The van der Waals surface area contributed by atoms with Gasteiger partial charge in [0.2, 0.25) is 11.8 Å². The Morgan fingerprint density at radius 1 is 1.53 bits per heavy atom. The van der Waals surface area contributed by atoms with Crippen molar-refractivity contribution in [3.8, 4) is 0 Å². The molecule has 2 amide bonds. The van der Waals surface area contributed by atoms with E-state index >= 15 is 0 Å². The standard InChI is InChI=1S/C13H20N4O2/c1-13(2,3)9-7-10(16-15-9)14-11(18)8-17-6-4-5-12(17)19/h7H,4-6,8H2,1-3H3,(H2,14,15,16,18). The number of carbonyl (C=O) groups excluding carboxylic acids is 2. The number of hydrogen-bond acceptors (Lipinski definition) is 3. The van der Waals surface area contributed by atoms with Crippen LogP contribution in [0.5, 0.6) is 0 Å².